The number of likely N-dealkylation sites (tertiary alicyclic amines) is 1. The molecule has 1 aromatic heterocycles. The zero-order valence-electron chi connectivity index (χ0n) is 10.3. The number of hydrogen-bond donors (Lipinski definition) is 2. The van der Waals surface area contributed by atoms with Gasteiger partial charge in [0.05, 0.1) is 12.5 Å². The number of carbonyl (C=O) groups is 2. The number of aromatic nitrogens is 2. The van der Waals surface area contributed by atoms with Crippen molar-refractivity contribution in [1.82, 2.24) is 14.9 Å². The van der Waals surface area contributed by atoms with Gasteiger partial charge in [-0.05, 0) is 18.9 Å². The second-order valence-electron chi connectivity index (χ2n) is 4.47. The van der Waals surface area contributed by atoms with Gasteiger partial charge >= 0.3 is 11.7 Å². The van der Waals surface area contributed by atoms with Gasteiger partial charge in [0, 0.05) is 24.9 Å². The molecule has 1 unspecified atom stereocenters. The molecule has 2 rings (SSSR count). The van der Waals surface area contributed by atoms with E-state index >= 15 is 0 Å². The molecule has 1 aromatic rings. The number of nitrogens with one attached hydrogen (secondary N) is 1. The molecule has 0 saturated carbocycles. The van der Waals surface area contributed by atoms with E-state index in [1.54, 1.807) is 11.0 Å². The fourth-order valence-electron chi connectivity index (χ4n) is 2.32. The number of carbonyl (C=O) groups excluding carboxylic acids is 1. The van der Waals surface area contributed by atoms with E-state index in [1.807, 2.05) is 0 Å². The fraction of sp³-hybridized carbons (Fsp3) is 0.500. The average Bonchev–Trinajstić information content (AvgIpc) is 2.85. The summed E-state index contributed by atoms with van der Waals surface area (Å²) in [6, 6.07) is 1.49. The SMILES string of the molecule is O=C(O)CCC(=O)N1CCCC1c1ccnc(=O)[nH]1. The third kappa shape index (κ3) is 3.18. The molecule has 1 aliphatic heterocycles. The molecule has 102 valence electrons. The lowest BCUT2D eigenvalue weighted by Gasteiger charge is -2.24. The number of rotatable bonds is 4. The van der Waals surface area contributed by atoms with E-state index < -0.39 is 11.7 Å². The van der Waals surface area contributed by atoms with Crippen molar-refractivity contribution in [2.24, 2.45) is 0 Å². The Bertz CT molecular complexity index is 540. The van der Waals surface area contributed by atoms with Crippen molar-refractivity contribution in [3.05, 3.63) is 28.4 Å². The van der Waals surface area contributed by atoms with Crippen LogP contribution in [-0.4, -0.2) is 38.4 Å². The summed E-state index contributed by atoms with van der Waals surface area (Å²) >= 11 is 0. The number of amides is 1. The molecule has 19 heavy (non-hydrogen) atoms. The van der Waals surface area contributed by atoms with E-state index in [-0.39, 0.29) is 24.8 Å². The van der Waals surface area contributed by atoms with Crippen LogP contribution in [0.4, 0.5) is 0 Å². The first-order chi connectivity index (χ1) is 9.08. The highest BCUT2D eigenvalue weighted by Crippen LogP contribution is 2.30. The summed E-state index contributed by atoms with van der Waals surface area (Å²) in [5.41, 5.74) is 0.212. The Morgan fingerprint density at radius 3 is 2.95 bits per heavy atom. The van der Waals surface area contributed by atoms with Crippen LogP contribution in [0.5, 0.6) is 0 Å². The van der Waals surface area contributed by atoms with Gasteiger partial charge < -0.3 is 15.0 Å². The van der Waals surface area contributed by atoms with Crippen LogP contribution in [0.2, 0.25) is 0 Å². The first-order valence-electron chi connectivity index (χ1n) is 6.14. The van der Waals surface area contributed by atoms with Gasteiger partial charge in [0.1, 0.15) is 0 Å². The Labute approximate surface area is 109 Å². The fourth-order valence-corrected chi connectivity index (χ4v) is 2.32. The van der Waals surface area contributed by atoms with Crippen molar-refractivity contribution in [1.29, 1.82) is 0 Å². The normalized spacial score (nSPS) is 18.5. The zero-order valence-corrected chi connectivity index (χ0v) is 10.3. The van der Waals surface area contributed by atoms with Crippen molar-refractivity contribution in [3.8, 4) is 0 Å². The first-order valence-corrected chi connectivity index (χ1v) is 6.14. The van der Waals surface area contributed by atoms with E-state index in [0.717, 1.165) is 12.8 Å². The average molecular weight is 265 g/mol. The summed E-state index contributed by atoms with van der Waals surface area (Å²) < 4.78 is 0. The predicted octanol–water partition coefficient (Wildman–Crippen LogP) is 0.298. The van der Waals surface area contributed by atoms with Gasteiger partial charge in [-0.1, -0.05) is 0 Å². The number of carboxylic acid groups (broad SMARTS) is 1. The van der Waals surface area contributed by atoms with Gasteiger partial charge in [-0.25, -0.2) is 9.78 Å². The van der Waals surface area contributed by atoms with Gasteiger partial charge in [0.25, 0.3) is 0 Å². The number of hydrogen-bond acceptors (Lipinski definition) is 4. The summed E-state index contributed by atoms with van der Waals surface area (Å²) in [5, 5.41) is 8.60. The summed E-state index contributed by atoms with van der Waals surface area (Å²) in [4.78, 5) is 41.5. The Morgan fingerprint density at radius 1 is 1.47 bits per heavy atom. The largest absolute Gasteiger partial charge is 0.481 e. The molecular formula is C12H15N3O4. The van der Waals surface area contributed by atoms with Crippen molar-refractivity contribution >= 4 is 11.9 Å². The van der Waals surface area contributed by atoms with Crippen LogP contribution in [0.15, 0.2) is 17.1 Å². The molecule has 2 N–H and O–H groups in total. The van der Waals surface area contributed by atoms with Gasteiger partial charge in [-0.2, -0.15) is 0 Å². The van der Waals surface area contributed by atoms with Gasteiger partial charge in [-0.15, -0.1) is 0 Å². The van der Waals surface area contributed by atoms with Crippen LogP contribution in [0.1, 0.15) is 37.4 Å². The molecule has 0 bridgehead atoms. The third-order valence-electron chi connectivity index (χ3n) is 3.18. The lowest BCUT2D eigenvalue weighted by molar-refractivity contribution is -0.141. The zero-order chi connectivity index (χ0) is 13.8. The molecule has 1 aliphatic rings. The second kappa shape index (κ2) is 5.64. The van der Waals surface area contributed by atoms with Crippen LogP contribution in [0.25, 0.3) is 0 Å². The molecule has 2 heterocycles. The molecule has 7 heteroatoms. The Hall–Kier alpha value is -2.18. The predicted molar refractivity (Wildman–Crippen MR) is 65.4 cm³/mol. The second-order valence-corrected chi connectivity index (χ2v) is 4.47. The number of H-pyrrole nitrogens is 1. The molecular weight excluding hydrogens is 250 g/mol. The maximum atomic E-state index is 12.0. The Morgan fingerprint density at radius 2 is 2.26 bits per heavy atom. The minimum Gasteiger partial charge on any atom is -0.481 e. The van der Waals surface area contributed by atoms with E-state index in [9.17, 15) is 14.4 Å². The highest BCUT2D eigenvalue weighted by Gasteiger charge is 2.30. The molecule has 0 spiro atoms. The molecule has 7 nitrogen and oxygen atoms in total. The molecule has 1 atom stereocenters. The van der Waals surface area contributed by atoms with Crippen LogP contribution < -0.4 is 5.69 Å². The van der Waals surface area contributed by atoms with Crippen molar-refractivity contribution in [3.63, 3.8) is 0 Å². The minimum atomic E-state index is -0.985. The summed E-state index contributed by atoms with van der Waals surface area (Å²) in [7, 11) is 0. The van der Waals surface area contributed by atoms with Crippen molar-refractivity contribution < 1.29 is 14.7 Å². The molecule has 1 fully saturated rings. The molecule has 0 aromatic carbocycles. The smallest absolute Gasteiger partial charge is 0.345 e. The van der Waals surface area contributed by atoms with E-state index in [2.05, 4.69) is 9.97 Å². The number of carboxylic acids is 1. The van der Waals surface area contributed by atoms with Gasteiger partial charge in [0.15, 0.2) is 0 Å². The Balaban J connectivity index is 2.10. The minimum absolute atomic E-state index is 0.0127. The quantitative estimate of drug-likeness (QED) is 0.814. The number of aromatic amines is 1. The van der Waals surface area contributed by atoms with Crippen LogP contribution in [0, 0.1) is 0 Å². The first kappa shape index (κ1) is 13.3. The standard InChI is InChI=1S/C12H15N3O4/c16-10(3-4-11(17)18)15-7-1-2-9(15)8-5-6-13-12(19)14-8/h5-6,9H,1-4,7H2,(H,17,18)(H,13,14,19). The Kier molecular flexibility index (Phi) is 3.94. The molecule has 1 saturated heterocycles. The van der Waals surface area contributed by atoms with Crippen LogP contribution in [0.3, 0.4) is 0 Å². The maximum Gasteiger partial charge on any atom is 0.345 e. The summed E-state index contributed by atoms with van der Waals surface area (Å²) in [5.74, 6) is -1.18. The topological polar surface area (TPSA) is 103 Å². The van der Waals surface area contributed by atoms with Crippen LogP contribution in [-0.2, 0) is 9.59 Å². The highest BCUT2D eigenvalue weighted by atomic mass is 16.4. The lowest BCUT2D eigenvalue weighted by Crippen LogP contribution is -2.32. The lowest BCUT2D eigenvalue weighted by atomic mass is 10.1. The van der Waals surface area contributed by atoms with Gasteiger partial charge in [-0.3, -0.25) is 9.59 Å². The molecule has 1 amide bonds. The molecule has 0 aliphatic carbocycles. The van der Waals surface area contributed by atoms with E-state index in [1.165, 1.54) is 6.20 Å². The maximum absolute atomic E-state index is 12.0. The van der Waals surface area contributed by atoms with Crippen LogP contribution >= 0.6 is 0 Å². The number of aliphatic carboxylic acids is 1. The molecule has 0 radical (unpaired) electrons. The van der Waals surface area contributed by atoms with Crippen molar-refractivity contribution in [2.75, 3.05) is 6.54 Å². The monoisotopic (exact) mass is 265 g/mol. The van der Waals surface area contributed by atoms with E-state index in [4.69, 9.17) is 5.11 Å². The number of nitrogens with zero attached hydrogens (tertiary/aromatic N) is 2. The third-order valence-corrected chi connectivity index (χ3v) is 3.18. The van der Waals surface area contributed by atoms with Crippen molar-refractivity contribution in [2.45, 2.75) is 31.7 Å². The van der Waals surface area contributed by atoms with Gasteiger partial charge in [0.2, 0.25) is 5.91 Å². The van der Waals surface area contributed by atoms with E-state index in [0.29, 0.717) is 12.2 Å². The summed E-state index contributed by atoms with van der Waals surface area (Å²) in [6.45, 7) is 0.591. The summed E-state index contributed by atoms with van der Waals surface area (Å²) in [6.07, 6.45) is 2.83. The highest BCUT2D eigenvalue weighted by molar-refractivity contribution is 5.81.